The van der Waals surface area contributed by atoms with Crippen molar-refractivity contribution < 1.29 is 4.39 Å². The van der Waals surface area contributed by atoms with E-state index in [0.717, 1.165) is 17.8 Å². The Morgan fingerprint density at radius 2 is 2.00 bits per heavy atom. The van der Waals surface area contributed by atoms with Crippen molar-refractivity contribution in [3.63, 3.8) is 0 Å². The molecule has 0 spiro atoms. The first kappa shape index (κ1) is 14.3. The molecular weight excluding hydrogens is 239 g/mol. The molecule has 1 fully saturated rings. The first-order valence-corrected chi connectivity index (χ1v) is 7.37. The Balaban J connectivity index is 2.26. The van der Waals surface area contributed by atoms with E-state index in [-0.39, 0.29) is 5.82 Å². The zero-order valence-corrected chi connectivity index (χ0v) is 12.0. The van der Waals surface area contributed by atoms with Crippen LogP contribution in [0.4, 0.5) is 10.1 Å². The molecule has 2 rings (SSSR count). The number of halogens is 1. The first-order valence-electron chi connectivity index (χ1n) is 7.37. The summed E-state index contributed by atoms with van der Waals surface area (Å²) in [6, 6.07) is 5.93. The van der Waals surface area contributed by atoms with Gasteiger partial charge in [0.05, 0.1) is 5.69 Å². The molecule has 1 aliphatic rings. The van der Waals surface area contributed by atoms with Gasteiger partial charge < -0.3 is 10.6 Å². The molecule has 0 atom stereocenters. The van der Waals surface area contributed by atoms with E-state index in [4.69, 9.17) is 5.73 Å². The zero-order valence-electron chi connectivity index (χ0n) is 12.0. The van der Waals surface area contributed by atoms with Gasteiger partial charge in [0, 0.05) is 19.1 Å². The lowest BCUT2D eigenvalue weighted by Crippen LogP contribution is -2.37. The van der Waals surface area contributed by atoms with Crippen LogP contribution < -0.4 is 10.6 Å². The Kier molecular flexibility index (Phi) is 4.81. The van der Waals surface area contributed by atoms with Crippen molar-refractivity contribution >= 4 is 5.69 Å². The van der Waals surface area contributed by atoms with Gasteiger partial charge in [0.2, 0.25) is 0 Å². The van der Waals surface area contributed by atoms with E-state index in [9.17, 15) is 4.39 Å². The van der Waals surface area contributed by atoms with Crippen LogP contribution in [0.25, 0.3) is 0 Å². The van der Waals surface area contributed by atoms with Gasteiger partial charge in [0.25, 0.3) is 0 Å². The minimum Gasteiger partial charge on any atom is -0.366 e. The van der Waals surface area contributed by atoms with E-state index < -0.39 is 0 Å². The van der Waals surface area contributed by atoms with Gasteiger partial charge in [-0.2, -0.15) is 0 Å². The molecule has 2 N–H and O–H groups in total. The van der Waals surface area contributed by atoms with Crippen LogP contribution in [0.2, 0.25) is 0 Å². The van der Waals surface area contributed by atoms with Crippen LogP contribution in [0.15, 0.2) is 18.2 Å². The first-order chi connectivity index (χ1) is 9.11. The lowest BCUT2D eigenvalue weighted by Gasteiger charge is -2.33. The van der Waals surface area contributed by atoms with Gasteiger partial charge >= 0.3 is 0 Å². The fourth-order valence-electron chi connectivity index (χ4n) is 2.96. The molecule has 0 aromatic heterocycles. The second kappa shape index (κ2) is 6.38. The number of nitrogens with two attached hydrogens (primary N) is 1. The maximum atomic E-state index is 14.3. The average Bonchev–Trinajstić information content (AvgIpc) is 2.89. The highest BCUT2D eigenvalue weighted by molar-refractivity contribution is 5.50. The monoisotopic (exact) mass is 264 g/mol. The van der Waals surface area contributed by atoms with E-state index in [1.54, 1.807) is 6.07 Å². The lowest BCUT2D eigenvalue weighted by atomic mass is 10.1. The molecule has 19 heavy (non-hydrogen) atoms. The van der Waals surface area contributed by atoms with E-state index in [1.165, 1.54) is 25.7 Å². The van der Waals surface area contributed by atoms with Crippen LogP contribution in [0.1, 0.15) is 45.1 Å². The van der Waals surface area contributed by atoms with Gasteiger partial charge in [-0.25, -0.2) is 4.39 Å². The lowest BCUT2D eigenvalue weighted by molar-refractivity contribution is 0.520. The van der Waals surface area contributed by atoms with Gasteiger partial charge in [0.15, 0.2) is 0 Å². The Bertz CT molecular complexity index is 411. The SMILES string of the molecule is CC(C)CN(c1ccc(CN)cc1F)C1CCCC1. The summed E-state index contributed by atoms with van der Waals surface area (Å²) in [7, 11) is 0. The minimum absolute atomic E-state index is 0.129. The smallest absolute Gasteiger partial charge is 0.146 e. The summed E-state index contributed by atoms with van der Waals surface area (Å²) in [5.74, 6) is 0.407. The third-order valence-electron chi connectivity index (χ3n) is 3.88. The van der Waals surface area contributed by atoms with Gasteiger partial charge in [0.1, 0.15) is 5.82 Å². The molecule has 0 radical (unpaired) electrons. The van der Waals surface area contributed by atoms with Gasteiger partial charge in [-0.3, -0.25) is 0 Å². The molecule has 1 saturated carbocycles. The second-order valence-corrected chi connectivity index (χ2v) is 5.97. The van der Waals surface area contributed by atoms with E-state index in [2.05, 4.69) is 18.7 Å². The molecule has 1 aliphatic carbocycles. The number of rotatable bonds is 5. The molecule has 1 aromatic carbocycles. The maximum Gasteiger partial charge on any atom is 0.146 e. The summed E-state index contributed by atoms with van der Waals surface area (Å²) >= 11 is 0. The van der Waals surface area contributed by atoms with Crippen LogP contribution in [-0.2, 0) is 6.54 Å². The number of anilines is 1. The molecule has 0 aliphatic heterocycles. The summed E-state index contributed by atoms with van der Waals surface area (Å²) in [6.07, 6.45) is 4.90. The zero-order chi connectivity index (χ0) is 13.8. The average molecular weight is 264 g/mol. The van der Waals surface area contributed by atoms with Crippen molar-refractivity contribution in [3.8, 4) is 0 Å². The number of nitrogens with zero attached hydrogens (tertiary/aromatic N) is 1. The largest absolute Gasteiger partial charge is 0.366 e. The fourth-order valence-corrected chi connectivity index (χ4v) is 2.96. The topological polar surface area (TPSA) is 29.3 Å². The summed E-state index contributed by atoms with van der Waals surface area (Å²) in [5, 5.41) is 0. The highest BCUT2D eigenvalue weighted by atomic mass is 19.1. The van der Waals surface area contributed by atoms with Crippen molar-refractivity contribution in [1.29, 1.82) is 0 Å². The normalized spacial score (nSPS) is 16.3. The third kappa shape index (κ3) is 3.47. The number of hydrogen-bond donors (Lipinski definition) is 1. The third-order valence-corrected chi connectivity index (χ3v) is 3.88. The Morgan fingerprint density at radius 1 is 1.32 bits per heavy atom. The molecule has 3 heteroatoms. The van der Waals surface area contributed by atoms with E-state index >= 15 is 0 Å². The Morgan fingerprint density at radius 3 is 2.53 bits per heavy atom. The highest BCUT2D eigenvalue weighted by Gasteiger charge is 2.25. The Hall–Kier alpha value is -1.09. The predicted molar refractivity (Wildman–Crippen MR) is 78.7 cm³/mol. The molecule has 0 heterocycles. The molecule has 2 nitrogen and oxygen atoms in total. The van der Waals surface area contributed by atoms with Crippen LogP contribution in [0, 0.1) is 11.7 Å². The maximum absolute atomic E-state index is 14.3. The van der Waals surface area contributed by atoms with Crippen LogP contribution in [0.3, 0.4) is 0 Å². The van der Waals surface area contributed by atoms with Crippen molar-refractivity contribution in [2.24, 2.45) is 11.7 Å². The molecular formula is C16H25FN2. The van der Waals surface area contributed by atoms with Crippen molar-refractivity contribution in [1.82, 2.24) is 0 Å². The predicted octanol–water partition coefficient (Wildman–Crippen LogP) is 3.69. The summed E-state index contributed by atoms with van der Waals surface area (Å²) in [6.45, 7) is 5.69. The summed E-state index contributed by atoms with van der Waals surface area (Å²) in [5.41, 5.74) is 7.17. The molecule has 0 unspecified atom stereocenters. The van der Waals surface area contributed by atoms with E-state index in [1.807, 2.05) is 12.1 Å². The minimum atomic E-state index is -0.129. The Labute approximate surface area is 115 Å². The highest BCUT2D eigenvalue weighted by Crippen LogP contribution is 2.31. The van der Waals surface area contributed by atoms with Gasteiger partial charge in [-0.1, -0.05) is 32.8 Å². The standard InChI is InChI=1S/C16H25FN2/c1-12(2)11-19(14-5-3-4-6-14)16-8-7-13(10-18)9-15(16)17/h7-9,12,14H,3-6,10-11,18H2,1-2H3. The van der Waals surface area contributed by atoms with Crippen molar-refractivity contribution in [2.45, 2.75) is 52.1 Å². The van der Waals surface area contributed by atoms with Crippen molar-refractivity contribution in [3.05, 3.63) is 29.6 Å². The van der Waals surface area contributed by atoms with Gasteiger partial charge in [-0.05, 0) is 36.5 Å². The van der Waals surface area contributed by atoms with Crippen LogP contribution in [-0.4, -0.2) is 12.6 Å². The molecule has 1 aromatic rings. The molecule has 0 saturated heterocycles. The molecule has 0 bridgehead atoms. The second-order valence-electron chi connectivity index (χ2n) is 5.97. The summed E-state index contributed by atoms with van der Waals surface area (Å²) in [4.78, 5) is 2.27. The molecule has 0 amide bonds. The molecule has 106 valence electrons. The number of benzene rings is 1. The van der Waals surface area contributed by atoms with Crippen molar-refractivity contribution in [2.75, 3.05) is 11.4 Å². The van der Waals surface area contributed by atoms with Crippen LogP contribution >= 0.6 is 0 Å². The fraction of sp³-hybridized carbons (Fsp3) is 0.625. The van der Waals surface area contributed by atoms with E-state index in [0.29, 0.717) is 18.5 Å². The number of hydrogen-bond acceptors (Lipinski definition) is 2. The quantitative estimate of drug-likeness (QED) is 0.879. The summed E-state index contributed by atoms with van der Waals surface area (Å²) < 4.78 is 14.3. The van der Waals surface area contributed by atoms with Gasteiger partial charge in [-0.15, -0.1) is 0 Å². The van der Waals surface area contributed by atoms with Crippen LogP contribution in [0.5, 0.6) is 0 Å².